The maximum atomic E-state index is 11.9. The van der Waals surface area contributed by atoms with Gasteiger partial charge >= 0.3 is 0 Å². The average molecular weight is 277 g/mol. The molecule has 2 unspecified atom stereocenters. The summed E-state index contributed by atoms with van der Waals surface area (Å²) in [5, 5.41) is 2.94. The van der Waals surface area contributed by atoms with E-state index in [-0.39, 0.29) is 18.1 Å². The average Bonchev–Trinajstić information content (AvgIpc) is 2.46. The molecule has 1 aromatic carbocycles. The Labute approximate surface area is 120 Å². The van der Waals surface area contributed by atoms with Gasteiger partial charge in [-0.15, -0.1) is 0 Å². The van der Waals surface area contributed by atoms with Gasteiger partial charge in [0, 0.05) is 25.7 Å². The molecule has 1 heterocycles. The molecule has 0 saturated carbocycles. The van der Waals surface area contributed by atoms with Gasteiger partial charge in [-0.2, -0.15) is 0 Å². The van der Waals surface area contributed by atoms with E-state index in [1.807, 2.05) is 37.3 Å². The predicted molar refractivity (Wildman–Crippen MR) is 78.1 cm³/mol. The van der Waals surface area contributed by atoms with E-state index in [0.717, 1.165) is 18.7 Å². The number of hydrogen-bond acceptors (Lipinski definition) is 4. The number of amides is 1. The van der Waals surface area contributed by atoms with Gasteiger partial charge in [0.1, 0.15) is 0 Å². The fourth-order valence-electron chi connectivity index (χ4n) is 2.25. The van der Waals surface area contributed by atoms with Gasteiger partial charge in [0.15, 0.2) is 0 Å². The highest BCUT2D eigenvalue weighted by molar-refractivity contribution is 5.78. The Morgan fingerprint density at radius 2 is 2.25 bits per heavy atom. The van der Waals surface area contributed by atoms with Gasteiger partial charge in [0.25, 0.3) is 0 Å². The second kappa shape index (κ2) is 7.38. The van der Waals surface area contributed by atoms with Gasteiger partial charge in [-0.3, -0.25) is 9.69 Å². The van der Waals surface area contributed by atoms with Crippen LogP contribution in [0.25, 0.3) is 0 Å². The molecular weight excluding hydrogens is 254 g/mol. The van der Waals surface area contributed by atoms with Crippen molar-refractivity contribution >= 4 is 5.91 Å². The normalized spacial score (nSPS) is 21.4. The van der Waals surface area contributed by atoms with Crippen molar-refractivity contribution in [2.24, 2.45) is 5.73 Å². The Balaban J connectivity index is 1.74. The minimum absolute atomic E-state index is 0.00909. The van der Waals surface area contributed by atoms with Crippen LogP contribution in [0, 0.1) is 0 Å². The monoisotopic (exact) mass is 277 g/mol. The second-order valence-corrected chi connectivity index (χ2v) is 5.27. The number of nitrogens with one attached hydrogen (secondary N) is 1. The van der Waals surface area contributed by atoms with Crippen LogP contribution in [0.5, 0.6) is 0 Å². The Morgan fingerprint density at radius 3 is 2.95 bits per heavy atom. The number of carbonyl (C=O) groups excluding carboxylic acids is 1. The van der Waals surface area contributed by atoms with Crippen molar-refractivity contribution in [3.63, 3.8) is 0 Å². The number of carbonyl (C=O) groups is 1. The summed E-state index contributed by atoms with van der Waals surface area (Å²) in [6, 6.07) is 9.90. The van der Waals surface area contributed by atoms with Crippen LogP contribution in [-0.2, 0) is 16.1 Å². The first-order valence-corrected chi connectivity index (χ1v) is 7.05. The van der Waals surface area contributed by atoms with Gasteiger partial charge in [-0.05, 0) is 12.5 Å². The summed E-state index contributed by atoms with van der Waals surface area (Å²) >= 11 is 0. The lowest BCUT2D eigenvalue weighted by Gasteiger charge is -2.34. The molecule has 1 fully saturated rings. The predicted octanol–water partition coefficient (Wildman–Crippen LogP) is 0.351. The quantitative estimate of drug-likeness (QED) is 0.815. The second-order valence-electron chi connectivity index (χ2n) is 5.27. The Kier molecular flexibility index (Phi) is 5.52. The van der Waals surface area contributed by atoms with Gasteiger partial charge in [-0.1, -0.05) is 30.3 Å². The third kappa shape index (κ3) is 4.59. The van der Waals surface area contributed by atoms with Crippen LogP contribution in [0.2, 0.25) is 0 Å². The number of nitrogens with two attached hydrogens (primary N) is 1. The lowest BCUT2D eigenvalue weighted by molar-refractivity contribution is -0.124. The molecule has 2 rings (SSSR count). The van der Waals surface area contributed by atoms with Crippen molar-refractivity contribution < 1.29 is 9.53 Å². The van der Waals surface area contributed by atoms with Crippen LogP contribution in [0.1, 0.15) is 12.5 Å². The summed E-state index contributed by atoms with van der Waals surface area (Å²) in [6.45, 7) is 5.04. The van der Waals surface area contributed by atoms with E-state index in [0.29, 0.717) is 19.7 Å². The maximum Gasteiger partial charge on any atom is 0.234 e. The highest BCUT2D eigenvalue weighted by Crippen LogP contribution is 2.07. The van der Waals surface area contributed by atoms with Gasteiger partial charge < -0.3 is 15.8 Å². The number of ether oxygens (including phenoxy) is 1. The Bertz CT molecular complexity index is 422. The minimum atomic E-state index is -0.00909. The molecule has 1 aliphatic heterocycles. The number of nitrogens with zero attached hydrogens (tertiary/aromatic N) is 1. The van der Waals surface area contributed by atoms with Crippen LogP contribution < -0.4 is 11.1 Å². The molecule has 5 nitrogen and oxygen atoms in total. The fraction of sp³-hybridized carbons (Fsp3) is 0.533. The highest BCUT2D eigenvalue weighted by atomic mass is 16.5. The van der Waals surface area contributed by atoms with Gasteiger partial charge in [-0.25, -0.2) is 0 Å². The van der Waals surface area contributed by atoms with E-state index in [2.05, 4.69) is 10.2 Å². The molecule has 3 N–H and O–H groups in total. The summed E-state index contributed by atoms with van der Waals surface area (Å²) in [4.78, 5) is 14.0. The largest absolute Gasteiger partial charge is 0.374 e. The van der Waals surface area contributed by atoms with E-state index in [9.17, 15) is 4.79 Å². The summed E-state index contributed by atoms with van der Waals surface area (Å²) < 4.78 is 5.58. The molecule has 1 aliphatic rings. The molecule has 20 heavy (non-hydrogen) atoms. The zero-order valence-corrected chi connectivity index (χ0v) is 11.9. The first-order chi connectivity index (χ1) is 9.65. The number of morpholine rings is 1. The molecule has 1 saturated heterocycles. The molecule has 2 atom stereocenters. The lowest BCUT2D eigenvalue weighted by Crippen LogP contribution is -2.51. The minimum Gasteiger partial charge on any atom is -0.374 e. The molecule has 0 spiro atoms. The van der Waals surface area contributed by atoms with Crippen molar-refractivity contribution in [2.75, 3.05) is 26.2 Å². The maximum absolute atomic E-state index is 11.9. The molecule has 0 radical (unpaired) electrons. The van der Waals surface area contributed by atoms with Crippen LogP contribution >= 0.6 is 0 Å². The third-order valence-electron chi connectivity index (χ3n) is 3.46. The van der Waals surface area contributed by atoms with Crippen LogP contribution in [0.15, 0.2) is 30.3 Å². The highest BCUT2D eigenvalue weighted by Gasteiger charge is 2.24. The molecule has 0 aromatic heterocycles. The summed E-state index contributed by atoms with van der Waals surface area (Å²) in [6.07, 6.45) is 0.0191. The zero-order valence-electron chi connectivity index (χ0n) is 11.9. The first-order valence-electron chi connectivity index (χ1n) is 7.05. The first kappa shape index (κ1) is 15.0. The molecular formula is C15H23N3O2. The Morgan fingerprint density at radius 1 is 1.50 bits per heavy atom. The fourth-order valence-corrected chi connectivity index (χ4v) is 2.25. The van der Waals surface area contributed by atoms with E-state index in [1.165, 1.54) is 0 Å². The molecule has 5 heteroatoms. The Hall–Kier alpha value is -1.43. The van der Waals surface area contributed by atoms with Crippen LogP contribution in [-0.4, -0.2) is 49.2 Å². The SMILES string of the molecule is CC(N)C1CN(CC(=O)NCc2ccccc2)CCO1. The summed E-state index contributed by atoms with van der Waals surface area (Å²) in [5.41, 5.74) is 6.95. The topological polar surface area (TPSA) is 67.6 Å². The zero-order chi connectivity index (χ0) is 14.4. The van der Waals surface area contributed by atoms with Crippen molar-refractivity contribution in [3.05, 3.63) is 35.9 Å². The molecule has 1 amide bonds. The molecule has 110 valence electrons. The number of hydrogen-bond donors (Lipinski definition) is 2. The van der Waals surface area contributed by atoms with E-state index >= 15 is 0 Å². The number of rotatable bonds is 5. The van der Waals surface area contributed by atoms with E-state index < -0.39 is 0 Å². The summed E-state index contributed by atoms with van der Waals surface area (Å²) in [5.74, 6) is 0.0409. The molecule has 0 aliphatic carbocycles. The van der Waals surface area contributed by atoms with Crippen LogP contribution in [0.4, 0.5) is 0 Å². The standard InChI is InChI=1S/C15H23N3O2/c1-12(16)14-10-18(7-8-20-14)11-15(19)17-9-13-5-3-2-4-6-13/h2-6,12,14H,7-11,16H2,1H3,(H,17,19). The van der Waals surface area contributed by atoms with E-state index in [1.54, 1.807) is 0 Å². The lowest BCUT2D eigenvalue weighted by atomic mass is 10.1. The van der Waals surface area contributed by atoms with E-state index in [4.69, 9.17) is 10.5 Å². The van der Waals surface area contributed by atoms with Crippen molar-refractivity contribution in [3.8, 4) is 0 Å². The molecule has 0 bridgehead atoms. The van der Waals surface area contributed by atoms with Gasteiger partial charge in [0.2, 0.25) is 5.91 Å². The van der Waals surface area contributed by atoms with Crippen LogP contribution in [0.3, 0.4) is 0 Å². The van der Waals surface area contributed by atoms with Crippen molar-refractivity contribution in [2.45, 2.75) is 25.6 Å². The van der Waals surface area contributed by atoms with Crippen molar-refractivity contribution in [1.82, 2.24) is 10.2 Å². The third-order valence-corrected chi connectivity index (χ3v) is 3.46. The molecule has 1 aromatic rings. The van der Waals surface area contributed by atoms with Crippen molar-refractivity contribution in [1.29, 1.82) is 0 Å². The number of benzene rings is 1. The van der Waals surface area contributed by atoms with Gasteiger partial charge in [0.05, 0.1) is 19.3 Å². The summed E-state index contributed by atoms with van der Waals surface area (Å²) in [7, 11) is 0. The smallest absolute Gasteiger partial charge is 0.234 e.